The van der Waals surface area contributed by atoms with Crippen molar-refractivity contribution in [3.63, 3.8) is 0 Å². The molecule has 2 rings (SSSR count). The van der Waals surface area contributed by atoms with Crippen LogP contribution in [0.1, 0.15) is 18.4 Å². The average Bonchev–Trinajstić information content (AvgIpc) is 2.89. The largest absolute Gasteiger partial charge is 0.496 e. The summed E-state index contributed by atoms with van der Waals surface area (Å²) in [5, 5.41) is 0. The monoisotopic (exact) mass is 259 g/mol. The molecule has 14 heavy (non-hydrogen) atoms. The molecule has 0 spiro atoms. The molecule has 0 aromatic heterocycles. The van der Waals surface area contributed by atoms with Gasteiger partial charge in [0.2, 0.25) is 0 Å². The quantitative estimate of drug-likeness (QED) is 0.886. The third kappa shape index (κ3) is 1.42. The van der Waals surface area contributed by atoms with Crippen LogP contribution in [0, 0.1) is 5.82 Å². The molecule has 0 heterocycles. The predicted molar refractivity (Wildman–Crippen MR) is 55.8 cm³/mol. The molecular formula is C10H11BrFNO. The zero-order valence-corrected chi connectivity index (χ0v) is 9.40. The first-order chi connectivity index (χ1) is 6.58. The normalized spacial score (nSPS) is 18.0. The van der Waals surface area contributed by atoms with Crippen LogP contribution in [0.2, 0.25) is 0 Å². The molecule has 2 N–H and O–H groups in total. The Bertz CT molecular complexity index is 377. The predicted octanol–water partition coefficient (Wildman–Crippen LogP) is 2.54. The highest BCUT2D eigenvalue weighted by Crippen LogP contribution is 2.48. The van der Waals surface area contributed by atoms with Gasteiger partial charge in [-0.05, 0) is 40.9 Å². The molecule has 0 aliphatic heterocycles. The summed E-state index contributed by atoms with van der Waals surface area (Å²) in [4.78, 5) is 0. The van der Waals surface area contributed by atoms with Crippen LogP contribution in [0.15, 0.2) is 16.6 Å². The minimum absolute atomic E-state index is 0.302. The van der Waals surface area contributed by atoms with E-state index in [2.05, 4.69) is 15.9 Å². The fourth-order valence-corrected chi connectivity index (χ4v) is 1.88. The molecule has 1 aromatic carbocycles. The van der Waals surface area contributed by atoms with E-state index in [4.69, 9.17) is 10.5 Å². The van der Waals surface area contributed by atoms with E-state index in [0.717, 1.165) is 12.8 Å². The van der Waals surface area contributed by atoms with Crippen molar-refractivity contribution >= 4 is 15.9 Å². The van der Waals surface area contributed by atoms with Crippen molar-refractivity contribution in [1.82, 2.24) is 0 Å². The van der Waals surface area contributed by atoms with E-state index in [-0.39, 0.29) is 5.82 Å². The van der Waals surface area contributed by atoms with Gasteiger partial charge in [0.25, 0.3) is 0 Å². The standard InChI is InChI=1S/C10H11BrFNO/c1-14-7-3-2-6(11)9(12)8(7)10(13)4-5-10/h2-3H,4-5,13H2,1H3. The van der Waals surface area contributed by atoms with E-state index in [9.17, 15) is 4.39 Å². The van der Waals surface area contributed by atoms with Gasteiger partial charge in [-0.15, -0.1) is 0 Å². The first-order valence-electron chi connectivity index (χ1n) is 4.40. The Morgan fingerprint density at radius 3 is 2.64 bits per heavy atom. The Balaban J connectivity index is 2.59. The van der Waals surface area contributed by atoms with E-state index in [1.54, 1.807) is 12.1 Å². The van der Waals surface area contributed by atoms with Gasteiger partial charge in [-0.25, -0.2) is 4.39 Å². The SMILES string of the molecule is COc1ccc(Br)c(F)c1C1(N)CC1. The smallest absolute Gasteiger partial charge is 0.146 e. The lowest BCUT2D eigenvalue weighted by molar-refractivity contribution is 0.397. The highest BCUT2D eigenvalue weighted by molar-refractivity contribution is 9.10. The average molecular weight is 260 g/mol. The Hall–Kier alpha value is -0.610. The lowest BCUT2D eigenvalue weighted by Crippen LogP contribution is -2.21. The molecule has 0 amide bonds. The molecule has 0 atom stereocenters. The van der Waals surface area contributed by atoms with Crippen molar-refractivity contribution < 1.29 is 9.13 Å². The van der Waals surface area contributed by atoms with E-state index in [1.807, 2.05) is 0 Å². The second-order valence-corrected chi connectivity index (χ2v) is 4.45. The van der Waals surface area contributed by atoms with Gasteiger partial charge in [-0.3, -0.25) is 0 Å². The van der Waals surface area contributed by atoms with E-state index in [0.29, 0.717) is 15.8 Å². The Kier molecular flexibility index (Phi) is 2.27. The number of ether oxygens (including phenoxy) is 1. The molecule has 0 saturated heterocycles. The third-order valence-corrected chi connectivity index (χ3v) is 3.18. The number of benzene rings is 1. The van der Waals surface area contributed by atoms with E-state index < -0.39 is 5.54 Å². The molecule has 1 aliphatic carbocycles. The lowest BCUT2D eigenvalue weighted by atomic mass is 10.0. The molecule has 1 saturated carbocycles. The molecule has 76 valence electrons. The van der Waals surface area contributed by atoms with Gasteiger partial charge in [-0.2, -0.15) is 0 Å². The third-order valence-electron chi connectivity index (χ3n) is 2.56. The van der Waals surface area contributed by atoms with Crippen LogP contribution < -0.4 is 10.5 Å². The van der Waals surface area contributed by atoms with Crippen LogP contribution in [-0.4, -0.2) is 7.11 Å². The van der Waals surface area contributed by atoms with Gasteiger partial charge in [0.15, 0.2) is 0 Å². The summed E-state index contributed by atoms with van der Waals surface area (Å²) in [5.41, 5.74) is 5.95. The van der Waals surface area contributed by atoms with Gasteiger partial charge in [0, 0.05) is 5.54 Å². The van der Waals surface area contributed by atoms with Crippen LogP contribution in [0.4, 0.5) is 4.39 Å². The lowest BCUT2D eigenvalue weighted by Gasteiger charge is -2.15. The maximum atomic E-state index is 13.8. The zero-order chi connectivity index (χ0) is 10.3. The molecule has 4 heteroatoms. The molecule has 1 aliphatic rings. The molecule has 0 unspecified atom stereocenters. The van der Waals surface area contributed by atoms with Gasteiger partial charge in [0.1, 0.15) is 11.6 Å². The number of hydrogen-bond acceptors (Lipinski definition) is 2. The molecule has 1 aromatic rings. The fraction of sp³-hybridized carbons (Fsp3) is 0.400. The maximum absolute atomic E-state index is 13.8. The van der Waals surface area contributed by atoms with Crippen molar-refractivity contribution in [2.75, 3.05) is 7.11 Å². The minimum Gasteiger partial charge on any atom is -0.496 e. The summed E-state index contributed by atoms with van der Waals surface area (Å²) >= 11 is 3.14. The van der Waals surface area contributed by atoms with Gasteiger partial charge >= 0.3 is 0 Å². The second-order valence-electron chi connectivity index (χ2n) is 3.59. The van der Waals surface area contributed by atoms with Crippen molar-refractivity contribution in [2.24, 2.45) is 5.73 Å². The van der Waals surface area contributed by atoms with E-state index in [1.165, 1.54) is 7.11 Å². The molecule has 1 fully saturated rings. The van der Waals surface area contributed by atoms with Crippen molar-refractivity contribution in [3.8, 4) is 5.75 Å². The van der Waals surface area contributed by atoms with Crippen LogP contribution in [0.25, 0.3) is 0 Å². The van der Waals surface area contributed by atoms with Crippen molar-refractivity contribution in [2.45, 2.75) is 18.4 Å². The van der Waals surface area contributed by atoms with Crippen LogP contribution in [0.5, 0.6) is 5.75 Å². The number of halogens is 2. The fourth-order valence-electron chi connectivity index (χ4n) is 1.55. The number of methoxy groups -OCH3 is 1. The van der Waals surface area contributed by atoms with Crippen molar-refractivity contribution in [3.05, 3.63) is 28.0 Å². The Morgan fingerprint density at radius 2 is 2.14 bits per heavy atom. The summed E-state index contributed by atoms with van der Waals surface area (Å²) in [6.45, 7) is 0. The zero-order valence-electron chi connectivity index (χ0n) is 7.81. The van der Waals surface area contributed by atoms with Gasteiger partial charge in [-0.1, -0.05) is 0 Å². The summed E-state index contributed by atoms with van der Waals surface area (Å²) in [6, 6.07) is 3.36. The molecular weight excluding hydrogens is 249 g/mol. The highest BCUT2D eigenvalue weighted by atomic mass is 79.9. The van der Waals surface area contributed by atoms with Crippen LogP contribution in [0.3, 0.4) is 0 Å². The topological polar surface area (TPSA) is 35.2 Å². The van der Waals surface area contributed by atoms with Gasteiger partial charge in [0.05, 0.1) is 17.1 Å². The highest BCUT2D eigenvalue weighted by Gasteiger charge is 2.44. The molecule has 2 nitrogen and oxygen atoms in total. The summed E-state index contributed by atoms with van der Waals surface area (Å²) < 4.78 is 19.3. The minimum atomic E-state index is -0.515. The van der Waals surface area contributed by atoms with Crippen LogP contribution in [-0.2, 0) is 5.54 Å². The molecule has 0 bridgehead atoms. The number of rotatable bonds is 2. The number of nitrogens with two attached hydrogens (primary N) is 1. The van der Waals surface area contributed by atoms with Gasteiger partial charge < -0.3 is 10.5 Å². The Labute approximate surface area is 90.4 Å². The summed E-state index contributed by atoms with van der Waals surface area (Å²) in [6.07, 6.45) is 1.63. The van der Waals surface area contributed by atoms with Crippen molar-refractivity contribution in [1.29, 1.82) is 0 Å². The first kappa shape index (κ1) is 9.93. The Morgan fingerprint density at radius 1 is 1.50 bits per heavy atom. The number of hydrogen-bond donors (Lipinski definition) is 1. The first-order valence-corrected chi connectivity index (χ1v) is 5.19. The van der Waals surface area contributed by atoms with E-state index >= 15 is 0 Å². The summed E-state index contributed by atoms with van der Waals surface area (Å²) in [5.74, 6) is 0.232. The second kappa shape index (κ2) is 3.21. The van der Waals surface area contributed by atoms with Crippen LogP contribution >= 0.6 is 15.9 Å². The maximum Gasteiger partial charge on any atom is 0.146 e. The summed E-state index contributed by atoms with van der Waals surface area (Å²) in [7, 11) is 1.53. The molecule has 0 radical (unpaired) electrons.